The predicted molar refractivity (Wildman–Crippen MR) is 60.4 cm³/mol. The lowest BCUT2D eigenvalue weighted by Gasteiger charge is -2.14. The van der Waals surface area contributed by atoms with Crippen LogP contribution >= 0.6 is 27.5 Å². The molecule has 1 atom stereocenters. The number of anilines is 1. The number of nitrogens with one attached hydrogen (secondary N) is 1. The van der Waals surface area contributed by atoms with Gasteiger partial charge in [0.05, 0.1) is 10.2 Å². The van der Waals surface area contributed by atoms with Gasteiger partial charge >= 0.3 is 0 Å². The van der Waals surface area contributed by atoms with Gasteiger partial charge in [-0.25, -0.2) is 0 Å². The van der Waals surface area contributed by atoms with Gasteiger partial charge in [0.2, 0.25) is 0 Å². The molecule has 0 aromatic carbocycles. The lowest BCUT2D eigenvalue weighted by atomic mass is 10.2. The van der Waals surface area contributed by atoms with E-state index < -0.39 is 0 Å². The molecular weight excluding hydrogens is 251 g/mol. The lowest BCUT2D eigenvalue weighted by Crippen LogP contribution is -2.15. The van der Waals surface area contributed by atoms with Gasteiger partial charge in [-0.05, 0) is 35.3 Å². The fourth-order valence-electron chi connectivity index (χ4n) is 0.994. The van der Waals surface area contributed by atoms with Crippen molar-refractivity contribution in [3.63, 3.8) is 0 Å². The van der Waals surface area contributed by atoms with Crippen molar-refractivity contribution in [2.24, 2.45) is 0 Å². The summed E-state index contributed by atoms with van der Waals surface area (Å²) >= 11 is 9.06. The maximum Gasteiger partial charge on any atom is 0.0590 e. The van der Waals surface area contributed by atoms with Crippen LogP contribution in [0.3, 0.4) is 0 Å². The molecule has 0 aliphatic rings. The predicted octanol–water partition coefficient (Wildman–Crippen LogP) is 3.27. The lowest BCUT2D eigenvalue weighted by molar-refractivity contribution is 0.768. The zero-order valence-corrected chi connectivity index (χ0v) is 9.77. The zero-order chi connectivity index (χ0) is 9.68. The van der Waals surface area contributed by atoms with Crippen molar-refractivity contribution in [2.75, 3.05) is 11.2 Å². The van der Waals surface area contributed by atoms with E-state index in [1.165, 1.54) is 0 Å². The molecule has 1 aromatic rings. The van der Waals surface area contributed by atoms with Gasteiger partial charge in [-0.3, -0.25) is 4.98 Å². The summed E-state index contributed by atoms with van der Waals surface area (Å²) in [6.45, 7) is 2.11. The fraction of sp³-hybridized carbons (Fsp3) is 0.444. The second-order valence-corrected chi connectivity index (χ2v) is 4.11. The smallest absolute Gasteiger partial charge is 0.0590 e. The number of pyridine rings is 1. The Morgan fingerprint density at radius 2 is 2.46 bits per heavy atom. The van der Waals surface area contributed by atoms with Crippen molar-refractivity contribution >= 4 is 33.2 Å². The molecule has 0 saturated heterocycles. The third-order valence-corrected chi connectivity index (χ3v) is 2.57. The monoisotopic (exact) mass is 262 g/mol. The van der Waals surface area contributed by atoms with Gasteiger partial charge in [-0.15, -0.1) is 11.6 Å². The van der Waals surface area contributed by atoms with E-state index in [4.69, 9.17) is 11.6 Å². The molecule has 13 heavy (non-hydrogen) atoms. The highest BCUT2D eigenvalue weighted by Crippen LogP contribution is 2.21. The van der Waals surface area contributed by atoms with Crippen LogP contribution in [0.1, 0.15) is 13.3 Å². The van der Waals surface area contributed by atoms with Crippen LogP contribution in [0.2, 0.25) is 0 Å². The summed E-state index contributed by atoms with van der Waals surface area (Å²) in [5.74, 6) is 0.677. The van der Waals surface area contributed by atoms with E-state index in [-0.39, 0.29) is 0 Å². The van der Waals surface area contributed by atoms with E-state index in [9.17, 15) is 0 Å². The van der Waals surface area contributed by atoms with E-state index >= 15 is 0 Å². The summed E-state index contributed by atoms with van der Waals surface area (Å²) in [6, 6.07) is 2.32. The molecule has 1 N–H and O–H groups in total. The van der Waals surface area contributed by atoms with Crippen LogP contribution < -0.4 is 5.32 Å². The Morgan fingerprint density at radius 3 is 3.08 bits per heavy atom. The first-order valence-corrected chi connectivity index (χ1v) is 5.49. The first kappa shape index (κ1) is 10.8. The largest absolute Gasteiger partial charge is 0.382 e. The minimum atomic E-state index is 0.385. The van der Waals surface area contributed by atoms with Crippen molar-refractivity contribution in [3.8, 4) is 0 Å². The quantitative estimate of drug-likeness (QED) is 0.843. The normalized spacial score (nSPS) is 12.5. The molecular formula is C9H12BrClN2. The molecule has 2 nitrogen and oxygen atoms in total. The second kappa shape index (κ2) is 5.45. The maximum absolute atomic E-state index is 5.64. The van der Waals surface area contributed by atoms with E-state index in [2.05, 4.69) is 33.2 Å². The molecule has 1 heterocycles. The van der Waals surface area contributed by atoms with Gasteiger partial charge in [0.15, 0.2) is 0 Å². The SMILES string of the molecule is CC(CCCl)Nc1ccncc1Br. The Bertz CT molecular complexity index is 268. The van der Waals surface area contributed by atoms with Crippen molar-refractivity contribution in [1.29, 1.82) is 0 Å². The second-order valence-electron chi connectivity index (χ2n) is 2.88. The molecule has 1 rings (SSSR count). The summed E-state index contributed by atoms with van der Waals surface area (Å²) in [4.78, 5) is 3.99. The summed E-state index contributed by atoms with van der Waals surface area (Å²) < 4.78 is 0.983. The molecule has 1 unspecified atom stereocenters. The van der Waals surface area contributed by atoms with Crippen molar-refractivity contribution in [3.05, 3.63) is 22.9 Å². The first-order valence-electron chi connectivity index (χ1n) is 4.16. The summed E-state index contributed by atoms with van der Waals surface area (Å²) in [7, 11) is 0. The molecule has 1 aromatic heterocycles. The van der Waals surface area contributed by atoms with Crippen LogP contribution in [0.25, 0.3) is 0 Å². The topological polar surface area (TPSA) is 24.9 Å². The molecule has 0 saturated carbocycles. The van der Waals surface area contributed by atoms with Gasteiger partial charge in [0.25, 0.3) is 0 Å². The number of hydrogen-bond acceptors (Lipinski definition) is 2. The van der Waals surface area contributed by atoms with Crippen LogP contribution in [0.4, 0.5) is 5.69 Å². The van der Waals surface area contributed by atoms with Gasteiger partial charge in [-0.2, -0.15) is 0 Å². The van der Waals surface area contributed by atoms with Crippen LogP contribution in [-0.2, 0) is 0 Å². The standard InChI is InChI=1S/C9H12BrClN2/c1-7(2-4-11)13-9-3-5-12-6-8(9)10/h3,5-7H,2,4H2,1H3,(H,12,13). The van der Waals surface area contributed by atoms with E-state index in [0.29, 0.717) is 11.9 Å². The number of halogens is 2. The maximum atomic E-state index is 5.64. The highest BCUT2D eigenvalue weighted by Gasteiger charge is 2.03. The highest BCUT2D eigenvalue weighted by atomic mass is 79.9. The highest BCUT2D eigenvalue weighted by molar-refractivity contribution is 9.10. The molecule has 0 amide bonds. The molecule has 0 fully saturated rings. The van der Waals surface area contributed by atoms with Crippen LogP contribution in [0, 0.1) is 0 Å². The number of hydrogen-bond donors (Lipinski definition) is 1. The molecule has 4 heteroatoms. The molecule has 0 spiro atoms. The molecule has 0 radical (unpaired) electrons. The first-order chi connectivity index (χ1) is 6.24. The van der Waals surface area contributed by atoms with Crippen LogP contribution in [0.15, 0.2) is 22.9 Å². The van der Waals surface area contributed by atoms with Crippen LogP contribution in [0.5, 0.6) is 0 Å². The van der Waals surface area contributed by atoms with Crippen molar-refractivity contribution < 1.29 is 0 Å². The summed E-state index contributed by atoms with van der Waals surface area (Å²) in [6.07, 6.45) is 4.49. The molecule has 0 aliphatic carbocycles. The Labute approximate surface area is 91.8 Å². The Balaban J connectivity index is 2.58. The summed E-state index contributed by atoms with van der Waals surface area (Å²) in [5, 5.41) is 3.34. The van der Waals surface area contributed by atoms with Gasteiger partial charge in [0, 0.05) is 24.3 Å². The van der Waals surface area contributed by atoms with Crippen molar-refractivity contribution in [2.45, 2.75) is 19.4 Å². The molecule has 0 aliphatic heterocycles. The fourth-order valence-corrected chi connectivity index (χ4v) is 1.69. The number of aromatic nitrogens is 1. The van der Waals surface area contributed by atoms with E-state index in [1.807, 2.05) is 6.07 Å². The van der Waals surface area contributed by atoms with Crippen LogP contribution in [-0.4, -0.2) is 16.9 Å². The third kappa shape index (κ3) is 3.53. The Hall–Kier alpha value is -0.280. The average Bonchev–Trinajstić information content (AvgIpc) is 2.09. The molecule has 72 valence electrons. The van der Waals surface area contributed by atoms with E-state index in [0.717, 1.165) is 16.6 Å². The van der Waals surface area contributed by atoms with Gasteiger partial charge in [-0.1, -0.05) is 0 Å². The number of nitrogens with zero attached hydrogens (tertiary/aromatic N) is 1. The Morgan fingerprint density at radius 1 is 1.69 bits per heavy atom. The minimum absolute atomic E-state index is 0.385. The van der Waals surface area contributed by atoms with Crippen molar-refractivity contribution in [1.82, 2.24) is 4.98 Å². The Kier molecular flexibility index (Phi) is 4.53. The average molecular weight is 264 g/mol. The number of alkyl halides is 1. The molecule has 0 bridgehead atoms. The van der Waals surface area contributed by atoms with Gasteiger partial charge in [0.1, 0.15) is 0 Å². The van der Waals surface area contributed by atoms with Gasteiger partial charge < -0.3 is 5.32 Å². The zero-order valence-electron chi connectivity index (χ0n) is 7.43. The summed E-state index contributed by atoms with van der Waals surface area (Å²) in [5.41, 5.74) is 1.06. The third-order valence-electron chi connectivity index (χ3n) is 1.72. The number of rotatable bonds is 4. The van der Waals surface area contributed by atoms with E-state index in [1.54, 1.807) is 12.4 Å². The minimum Gasteiger partial charge on any atom is -0.382 e.